The van der Waals surface area contributed by atoms with Gasteiger partial charge in [0.15, 0.2) is 5.78 Å². The Balaban J connectivity index is 1.74. The molecule has 142 valence electrons. The van der Waals surface area contributed by atoms with E-state index in [9.17, 15) is 9.59 Å². The highest BCUT2D eigenvalue weighted by Crippen LogP contribution is 2.47. The molecule has 2 aromatic heterocycles. The van der Waals surface area contributed by atoms with E-state index in [1.54, 1.807) is 12.3 Å². The van der Waals surface area contributed by atoms with Crippen molar-refractivity contribution in [3.8, 4) is 5.69 Å². The maximum Gasteiger partial charge on any atom is 0.277 e. The number of carbonyl (C=O) groups is 1. The number of hydrogen-bond donors (Lipinski definition) is 2. The SMILES string of the molecule is CC1(C)CC(=O)C2=C(C1)Nc1[nH]n(-c3ccccc3)c(=O)c1[C@@H]2c1ccco1. The zero-order chi connectivity index (χ0) is 19.5. The van der Waals surface area contributed by atoms with Crippen molar-refractivity contribution in [2.75, 3.05) is 5.32 Å². The molecule has 5 rings (SSSR count). The molecule has 0 radical (unpaired) electrons. The maximum absolute atomic E-state index is 13.3. The summed E-state index contributed by atoms with van der Waals surface area (Å²) in [5.41, 5.74) is 2.47. The topological polar surface area (TPSA) is 80.0 Å². The quantitative estimate of drug-likeness (QED) is 0.710. The summed E-state index contributed by atoms with van der Waals surface area (Å²) in [6, 6.07) is 13.0. The van der Waals surface area contributed by atoms with Gasteiger partial charge in [0.2, 0.25) is 0 Å². The van der Waals surface area contributed by atoms with Crippen molar-refractivity contribution in [2.24, 2.45) is 5.41 Å². The van der Waals surface area contributed by atoms with E-state index < -0.39 is 5.92 Å². The Hall–Kier alpha value is -3.28. The lowest BCUT2D eigenvalue weighted by molar-refractivity contribution is -0.118. The summed E-state index contributed by atoms with van der Waals surface area (Å²) in [6.07, 6.45) is 2.78. The van der Waals surface area contributed by atoms with Crippen LogP contribution in [0.5, 0.6) is 0 Å². The molecule has 2 aliphatic rings. The lowest BCUT2D eigenvalue weighted by Gasteiger charge is -2.37. The van der Waals surface area contributed by atoms with Gasteiger partial charge in [0, 0.05) is 17.7 Å². The molecule has 0 bridgehead atoms. The smallest absolute Gasteiger partial charge is 0.277 e. The van der Waals surface area contributed by atoms with Gasteiger partial charge < -0.3 is 9.73 Å². The van der Waals surface area contributed by atoms with Gasteiger partial charge >= 0.3 is 0 Å². The number of para-hydroxylation sites is 1. The molecule has 1 aromatic carbocycles. The van der Waals surface area contributed by atoms with E-state index in [4.69, 9.17) is 4.42 Å². The number of Topliss-reactive ketones (excluding diaryl/α,β-unsaturated/α-hetero) is 1. The van der Waals surface area contributed by atoms with Crippen molar-refractivity contribution in [2.45, 2.75) is 32.6 Å². The molecule has 2 N–H and O–H groups in total. The number of fused-ring (bicyclic) bond motifs is 1. The van der Waals surface area contributed by atoms with Crippen LogP contribution in [0, 0.1) is 5.41 Å². The number of aromatic amines is 1. The standard InChI is InChI=1S/C22H21N3O3/c1-22(2)11-14-17(15(26)12-22)18(16-9-6-10-28-16)19-20(23-14)24-25(21(19)27)13-7-4-3-5-8-13/h3-10,18,23-24H,11-12H2,1-2H3/t18-/m1/s1. The zero-order valence-corrected chi connectivity index (χ0v) is 15.8. The number of rotatable bonds is 2. The van der Waals surface area contributed by atoms with Crippen LogP contribution in [0.1, 0.15) is 43.9 Å². The molecule has 0 amide bonds. The summed E-state index contributed by atoms with van der Waals surface area (Å²) >= 11 is 0. The third kappa shape index (κ3) is 2.48. The van der Waals surface area contributed by atoms with Gasteiger partial charge in [0.05, 0.1) is 23.4 Å². The normalized spacial score (nSPS) is 20.5. The number of furan rings is 1. The van der Waals surface area contributed by atoms with Crippen LogP contribution < -0.4 is 10.9 Å². The molecule has 0 fully saturated rings. The number of aromatic nitrogens is 2. The minimum Gasteiger partial charge on any atom is -0.468 e. The number of anilines is 1. The molecule has 6 heteroatoms. The van der Waals surface area contributed by atoms with Crippen LogP contribution in [0.15, 0.2) is 69.2 Å². The number of ketones is 1. The second-order valence-electron chi connectivity index (χ2n) is 8.28. The Morgan fingerprint density at radius 3 is 2.57 bits per heavy atom. The van der Waals surface area contributed by atoms with Gasteiger partial charge in [-0.15, -0.1) is 0 Å². The van der Waals surface area contributed by atoms with Crippen LogP contribution in [-0.4, -0.2) is 15.6 Å². The van der Waals surface area contributed by atoms with Gasteiger partial charge in [-0.05, 0) is 36.1 Å². The molecule has 3 aromatic rings. The third-order valence-corrected chi connectivity index (χ3v) is 5.54. The average Bonchev–Trinajstić information content (AvgIpc) is 3.28. The number of hydrogen-bond acceptors (Lipinski definition) is 4. The second-order valence-corrected chi connectivity index (χ2v) is 8.28. The molecular formula is C22H21N3O3. The first-order valence-electron chi connectivity index (χ1n) is 9.42. The second kappa shape index (κ2) is 5.86. The fourth-order valence-electron chi connectivity index (χ4n) is 4.39. The summed E-state index contributed by atoms with van der Waals surface area (Å²) in [7, 11) is 0. The Kier molecular flexibility index (Phi) is 3.53. The number of allylic oxidation sites excluding steroid dienone is 2. The summed E-state index contributed by atoms with van der Waals surface area (Å²) in [6.45, 7) is 4.18. The van der Waals surface area contributed by atoms with Crippen molar-refractivity contribution < 1.29 is 9.21 Å². The van der Waals surface area contributed by atoms with Gasteiger partial charge in [-0.1, -0.05) is 32.0 Å². The number of nitrogens with one attached hydrogen (secondary N) is 2. The van der Waals surface area contributed by atoms with Crippen molar-refractivity contribution >= 4 is 11.6 Å². The van der Waals surface area contributed by atoms with E-state index >= 15 is 0 Å². The van der Waals surface area contributed by atoms with Crippen molar-refractivity contribution in [1.82, 2.24) is 9.78 Å². The van der Waals surface area contributed by atoms with Gasteiger partial charge in [-0.2, -0.15) is 0 Å². The maximum atomic E-state index is 13.3. The lowest BCUT2D eigenvalue weighted by Crippen LogP contribution is -2.35. The van der Waals surface area contributed by atoms with Crippen molar-refractivity contribution in [3.63, 3.8) is 0 Å². The predicted molar refractivity (Wildman–Crippen MR) is 106 cm³/mol. The van der Waals surface area contributed by atoms with E-state index in [1.807, 2.05) is 36.4 Å². The van der Waals surface area contributed by atoms with E-state index in [0.29, 0.717) is 29.1 Å². The van der Waals surface area contributed by atoms with Crippen molar-refractivity contribution in [3.05, 3.63) is 81.7 Å². The van der Waals surface area contributed by atoms with Crippen LogP contribution in [0.2, 0.25) is 0 Å². The molecule has 0 unspecified atom stereocenters. The molecule has 0 spiro atoms. The van der Waals surface area contributed by atoms with Gasteiger partial charge in [-0.3, -0.25) is 14.7 Å². The van der Waals surface area contributed by atoms with E-state index in [0.717, 1.165) is 17.8 Å². The van der Waals surface area contributed by atoms with E-state index in [2.05, 4.69) is 24.3 Å². The van der Waals surface area contributed by atoms with Crippen LogP contribution >= 0.6 is 0 Å². The number of H-pyrrole nitrogens is 1. The Labute approximate surface area is 161 Å². The highest BCUT2D eigenvalue weighted by Gasteiger charge is 2.43. The lowest BCUT2D eigenvalue weighted by atomic mass is 9.70. The summed E-state index contributed by atoms with van der Waals surface area (Å²) < 4.78 is 7.19. The fourth-order valence-corrected chi connectivity index (χ4v) is 4.39. The number of benzene rings is 1. The predicted octanol–water partition coefficient (Wildman–Crippen LogP) is 3.96. The van der Waals surface area contributed by atoms with Gasteiger partial charge in [0.25, 0.3) is 5.56 Å². The molecule has 1 atom stereocenters. The van der Waals surface area contributed by atoms with Gasteiger partial charge in [0.1, 0.15) is 11.6 Å². The minimum atomic E-state index is -0.501. The Morgan fingerprint density at radius 2 is 1.86 bits per heavy atom. The molecule has 1 aliphatic heterocycles. The molecule has 0 saturated carbocycles. The van der Waals surface area contributed by atoms with Crippen LogP contribution in [0.4, 0.5) is 5.82 Å². The van der Waals surface area contributed by atoms with Gasteiger partial charge in [-0.25, -0.2) is 4.68 Å². The summed E-state index contributed by atoms with van der Waals surface area (Å²) in [5.74, 6) is 0.801. The van der Waals surface area contributed by atoms with Crippen LogP contribution in [0.3, 0.4) is 0 Å². The van der Waals surface area contributed by atoms with Crippen LogP contribution in [-0.2, 0) is 4.79 Å². The highest BCUT2D eigenvalue weighted by molar-refractivity contribution is 6.01. The first kappa shape index (κ1) is 16.9. The molecular weight excluding hydrogens is 354 g/mol. The summed E-state index contributed by atoms with van der Waals surface area (Å²) in [4.78, 5) is 26.4. The first-order valence-corrected chi connectivity index (χ1v) is 9.42. The highest BCUT2D eigenvalue weighted by atomic mass is 16.3. The number of carbonyl (C=O) groups excluding carboxylic acids is 1. The number of nitrogens with zero attached hydrogens (tertiary/aromatic N) is 1. The minimum absolute atomic E-state index is 0.0673. The average molecular weight is 375 g/mol. The Bertz CT molecular complexity index is 1150. The molecule has 3 heterocycles. The largest absolute Gasteiger partial charge is 0.468 e. The molecule has 6 nitrogen and oxygen atoms in total. The molecule has 28 heavy (non-hydrogen) atoms. The monoisotopic (exact) mass is 375 g/mol. The molecule has 0 saturated heterocycles. The zero-order valence-electron chi connectivity index (χ0n) is 15.8. The van der Waals surface area contributed by atoms with E-state index in [-0.39, 0.29) is 16.8 Å². The van der Waals surface area contributed by atoms with Crippen LogP contribution in [0.25, 0.3) is 5.69 Å². The summed E-state index contributed by atoms with van der Waals surface area (Å²) in [5, 5.41) is 6.54. The Morgan fingerprint density at radius 1 is 1.07 bits per heavy atom. The molecule has 1 aliphatic carbocycles. The van der Waals surface area contributed by atoms with Crippen molar-refractivity contribution in [1.29, 1.82) is 0 Å². The first-order chi connectivity index (χ1) is 13.4. The third-order valence-electron chi connectivity index (χ3n) is 5.54. The fraction of sp³-hybridized carbons (Fsp3) is 0.273. The van der Waals surface area contributed by atoms with E-state index in [1.165, 1.54) is 4.68 Å².